The van der Waals surface area contributed by atoms with Crippen molar-refractivity contribution in [1.29, 1.82) is 0 Å². The van der Waals surface area contributed by atoms with Crippen molar-refractivity contribution in [1.82, 2.24) is 0 Å². The van der Waals surface area contributed by atoms with Gasteiger partial charge in [0.1, 0.15) is 13.2 Å². The molecule has 0 N–H and O–H groups in total. The maximum Gasteiger partial charge on any atom is 0.306 e. The molecule has 0 amide bonds. The highest BCUT2D eigenvalue weighted by molar-refractivity contribution is 5.71. The van der Waals surface area contributed by atoms with E-state index in [9.17, 15) is 14.4 Å². The zero-order valence-electron chi connectivity index (χ0n) is 45.5. The van der Waals surface area contributed by atoms with E-state index in [1.807, 2.05) is 0 Å². The fraction of sp³-hybridized carbons (Fsp3) is 0.672. The van der Waals surface area contributed by atoms with Crippen LogP contribution in [-0.4, -0.2) is 37.2 Å². The van der Waals surface area contributed by atoms with Crippen LogP contribution in [-0.2, 0) is 28.6 Å². The van der Waals surface area contributed by atoms with Gasteiger partial charge < -0.3 is 14.2 Å². The molecule has 0 aliphatic rings. The molecule has 0 bridgehead atoms. The first-order chi connectivity index (χ1) is 34.5. The first-order valence-corrected chi connectivity index (χ1v) is 28.9. The Hall–Kier alpha value is -3.93. The van der Waals surface area contributed by atoms with Crippen molar-refractivity contribution < 1.29 is 28.6 Å². The highest BCUT2D eigenvalue weighted by atomic mass is 16.6. The smallest absolute Gasteiger partial charge is 0.306 e. The van der Waals surface area contributed by atoms with Crippen LogP contribution in [0.2, 0.25) is 0 Å². The van der Waals surface area contributed by atoms with E-state index in [1.54, 1.807) is 0 Å². The summed E-state index contributed by atoms with van der Waals surface area (Å²) in [7, 11) is 0. The van der Waals surface area contributed by atoms with E-state index in [1.165, 1.54) is 96.3 Å². The second-order valence-electron chi connectivity index (χ2n) is 18.8. The second kappa shape index (κ2) is 57.6. The molecular formula is C64H106O6. The molecule has 70 heavy (non-hydrogen) atoms. The van der Waals surface area contributed by atoms with Crippen LogP contribution in [0.3, 0.4) is 0 Å². The number of carbonyl (C=O) groups is 3. The molecular weight excluding hydrogens is 865 g/mol. The Morgan fingerprint density at radius 1 is 0.300 bits per heavy atom. The lowest BCUT2D eigenvalue weighted by molar-refractivity contribution is -0.167. The molecule has 6 heteroatoms. The average Bonchev–Trinajstić information content (AvgIpc) is 3.36. The molecule has 0 aromatic rings. The minimum Gasteiger partial charge on any atom is -0.462 e. The van der Waals surface area contributed by atoms with E-state index in [2.05, 4.69) is 130 Å². The van der Waals surface area contributed by atoms with Gasteiger partial charge in [-0.25, -0.2) is 0 Å². The molecule has 0 aliphatic carbocycles. The maximum absolute atomic E-state index is 12.8. The Kier molecular flexibility index (Phi) is 54.4. The summed E-state index contributed by atoms with van der Waals surface area (Å²) < 4.78 is 16.8. The van der Waals surface area contributed by atoms with E-state index >= 15 is 0 Å². The number of hydrogen-bond donors (Lipinski definition) is 0. The quantitative estimate of drug-likeness (QED) is 0.0262. The standard InChI is InChI=1S/C64H106O6/c1-4-7-10-13-16-19-22-24-26-27-28-29-30-31-32-33-34-35-36-37-38-40-42-45-48-51-54-57-63(66)69-60-61(59-68-62(65)56-53-50-47-44-41-21-18-15-12-9-6-3)70-64(67)58-55-52-49-46-43-39-25-23-20-17-14-11-8-5-2/h7,10,16,19,23-26,28-29,31-32,34-35,37-38,42,45,61H,4-6,8-9,11-15,17-18,20-22,27,30,33,36,39-41,43-44,46-60H2,1-3H3/b10-7-,19-16-,25-23-,26-24-,29-28-,32-31-,35-34-,38-37-,45-42-. The Morgan fingerprint density at radius 3 is 0.914 bits per heavy atom. The van der Waals surface area contributed by atoms with Crippen LogP contribution < -0.4 is 0 Å². The minimum atomic E-state index is -0.800. The molecule has 0 saturated heterocycles. The Bertz CT molecular complexity index is 1440. The molecule has 6 nitrogen and oxygen atoms in total. The molecule has 0 radical (unpaired) electrons. The molecule has 0 spiro atoms. The van der Waals surface area contributed by atoms with Gasteiger partial charge in [0.05, 0.1) is 0 Å². The minimum absolute atomic E-state index is 0.0945. The summed E-state index contributed by atoms with van der Waals surface area (Å²) in [5.74, 6) is -0.949. The summed E-state index contributed by atoms with van der Waals surface area (Å²) in [5, 5.41) is 0. The van der Waals surface area contributed by atoms with Crippen LogP contribution in [0.1, 0.15) is 258 Å². The van der Waals surface area contributed by atoms with E-state index in [0.717, 1.165) is 122 Å². The highest BCUT2D eigenvalue weighted by Gasteiger charge is 2.19. The van der Waals surface area contributed by atoms with E-state index < -0.39 is 6.10 Å². The lowest BCUT2D eigenvalue weighted by Gasteiger charge is -2.18. The van der Waals surface area contributed by atoms with E-state index in [0.29, 0.717) is 19.3 Å². The van der Waals surface area contributed by atoms with Crippen molar-refractivity contribution >= 4 is 17.9 Å². The molecule has 398 valence electrons. The van der Waals surface area contributed by atoms with Crippen molar-refractivity contribution in [2.24, 2.45) is 0 Å². The predicted octanol–water partition coefficient (Wildman–Crippen LogP) is 19.5. The molecule has 1 unspecified atom stereocenters. The SMILES string of the molecule is CC/C=C\C/C=C\C/C=C\C/C=C\C/C=C\C/C=C\C/C=C\C/C=C\CCCCC(=O)OCC(COC(=O)CCCCCCCCCCCCC)OC(=O)CCCCCCC/C=C\CCCCCCC. The van der Waals surface area contributed by atoms with Gasteiger partial charge in [0, 0.05) is 19.3 Å². The fourth-order valence-corrected chi connectivity index (χ4v) is 7.69. The Labute approximate surface area is 431 Å². The number of carbonyl (C=O) groups excluding carboxylic acids is 3. The van der Waals surface area contributed by atoms with Gasteiger partial charge in [-0.05, 0) is 109 Å². The topological polar surface area (TPSA) is 78.9 Å². The lowest BCUT2D eigenvalue weighted by atomic mass is 10.1. The summed E-state index contributed by atoms with van der Waals surface area (Å²) in [6, 6.07) is 0. The number of ether oxygens (including phenoxy) is 3. The van der Waals surface area contributed by atoms with E-state index in [-0.39, 0.29) is 31.1 Å². The van der Waals surface area contributed by atoms with Gasteiger partial charge in [-0.1, -0.05) is 239 Å². The summed E-state index contributed by atoms with van der Waals surface area (Å²) in [6.45, 7) is 6.46. The van der Waals surface area contributed by atoms with Crippen LogP contribution >= 0.6 is 0 Å². The Balaban J connectivity index is 4.39. The van der Waals surface area contributed by atoms with Crippen LogP contribution in [0.4, 0.5) is 0 Å². The summed E-state index contributed by atoms with van der Waals surface area (Å²) in [6.07, 6.45) is 78.0. The van der Waals surface area contributed by atoms with Gasteiger partial charge in [0.2, 0.25) is 0 Å². The monoisotopic (exact) mass is 971 g/mol. The maximum atomic E-state index is 12.8. The average molecular weight is 972 g/mol. The molecule has 0 rings (SSSR count). The number of esters is 3. The first kappa shape index (κ1) is 66.1. The highest BCUT2D eigenvalue weighted by Crippen LogP contribution is 2.14. The van der Waals surface area contributed by atoms with Crippen molar-refractivity contribution in [3.63, 3.8) is 0 Å². The Morgan fingerprint density at radius 2 is 0.557 bits per heavy atom. The van der Waals surface area contributed by atoms with Crippen LogP contribution in [0, 0.1) is 0 Å². The molecule has 0 heterocycles. The van der Waals surface area contributed by atoms with Crippen molar-refractivity contribution in [2.75, 3.05) is 13.2 Å². The van der Waals surface area contributed by atoms with Gasteiger partial charge in [-0.3, -0.25) is 14.4 Å². The zero-order chi connectivity index (χ0) is 50.7. The normalized spacial score (nSPS) is 12.9. The molecule has 0 aliphatic heterocycles. The number of allylic oxidation sites excluding steroid dienone is 18. The summed E-state index contributed by atoms with van der Waals surface area (Å²) in [4.78, 5) is 38.1. The second-order valence-corrected chi connectivity index (χ2v) is 18.8. The summed E-state index contributed by atoms with van der Waals surface area (Å²) in [5.41, 5.74) is 0. The van der Waals surface area contributed by atoms with Crippen LogP contribution in [0.15, 0.2) is 109 Å². The number of rotatable bonds is 51. The summed E-state index contributed by atoms with van der Waals surface area (Å²) >= 11 is 0. The van der Waals surface area contributed by atoms with Gasteiger partial charge in [0.25, 0.3) is 0 Å². The van der Waals surface area contributed by atoms with Gasteiger partial charge in [-0.2, -0.15) is 0 Å². The third-order valence-corrected chi connectivity index (χ3v) is 12.0. The molecule has 0 aromatic carbocycles. The predicted molar refractivity (Wildman–Crippen MR) is 302 cm³/mol. The fourth-order valence-electron chi connectivity index (χ4n) is 7.69. The molecule has 0 fully saturated rings. The van der Waals surface area contributed by atoms with Crippen molar-refractivity contribution in [3.05, 3.63) is 109 Å². The van der Waals surface area contributed by atoms with Crippen molar-refractivity contribution in [2.45, 2.75) is 264 Å². The van der Waals surface area contributed by atoms with Crippen LogP contribution in [0.25, 0.3) is 0 Å². The van der Waals surface area contributed by atoms with Gasteiger partial charge in [-0.15, -0.1) is 0 Å². The molecule has 0 aromatic heterocycles. The first-order valence-electron chi connectivity index (χ1n) is 28.9. The largest absolute Gasteiger partial charge is 0.462 e. The molecule has 0 saturated carbocycles. The van der Waals surface area contributed by atoms with Crippen LogP contribution in [0.5, 0.6) is 0 Å². The number of hydrogen-bond acceptors (Lipinski definition) is 6. The van der Waals surface area contributed by atoms with E-state index in [4.69, 9.17) is 14.2 Å². The third-order valence-electron chi connectivity index (χ3n) is 12.0. The molecule has 1 atom stereocenters. The van der Waals surface area contributed by atoms with Gasteiger partial charge >= 0.3 is 17.9 Å². The third kappa shape index (κ3) is 55.0. The number of unbranched alkanes of at least 4 members (excludes halogenated alkanes) is 22. The lowest BCUT2D eigenvalue weighted by Crippen LogP contribution is -2.30. The zero-order valence-corrected chi connectivity index (χ0v) is 45.5. The van der Waals surface area contributed by atoms with Crippen molar-refractivity contribution in [3.8, 4) is 0 Å². The van der Waals surface area contributed by atoms with Gasteiger partial charge in [0.15, 0.2) is 6.10 Å².